The van der Waals surface area contributed by atoms with Gasteiger partial charge in [0.1, 0.15) is 5.75 Å². The van der Waals surface area contributed by atoms with Crippen LogP contribution >= 0.6 is 0 Å². The molecule has 1 heterocycles. The van der Waals surface area contributed by atoms with Crippen LogP contribution < -0.4 is 9.64 Å². The zero-order valence-electron chi connectivity index (χ0n) is 22.0. The van der Waals surface area contributed by atoms with Crippen LogP contribution in [-0.4, -0.2) is 28.6 Å². The van der Waals surface area contributed by atoms with E-state index in [-0.39, 0.29) is 24.4 Å². The Morgan fingerprint density at radius 3 is 2.28 bits per heavy atom. The normalized spacial score (nSPS) is 10.7. The number of aryl methyl sites for hydroxylation is 2. The molecule has 0 radical (unpaired) electrons. The third-order valence-corrected chi connectivity index (χ3v) is 6.52. The lowest BCUT2D eigenvalue weighted by Gasteiger charge is -2.23. The van der Waals surface area contributed by atoms with Gasteiger partial charge in [0.25, 0.3) is 0 Å². The molecule has 6 nitrogen and oxygen atoms in total. The van der Waals surface area contributed by atoms with Gasteiger partial charge in [-0.15, -0.1) is 0 Å². The standard InChI is InChI=1S/C33H34N2O4/c36-32(35(25-29-14-6-7-22-34-29)30-15-9-13-28(24-30)33(37)38)21-18-27-16-19-31(20-17-27)39-23-8-2-5-12-26-10-3-1-4-11-26/h1,3-4,6-7,9-11,13-17,19-20,22,24H,2,5,8,12,18,21,23,25H2,(H,37,38). The highest BCUT2D eigenvalue weighted by Gasteiger charge is 2.18. The van der Waals surface area contributed by atoms with Gasteiger partial charge in [0.15, 0.2) is 0 Å². The minimum atomic E-state index is -1.03. The smallest absolute Gasteiger partial charge is 0.335 e. The Kier molecular flexibility index (Phi) is 10.2. The number of unbranched alkanes of at least 4 members (excludes halogenated alkanes) is 2. The van der Waals surface area contributed by atoms with Crippen molar-refractivity contribution in [3.63, 3.8) is 0 Å². The van der Waals surface area contributed by atoms with Gasteiger partial charge >= 0.3 is 5.97 Å². The molecule has 0 unspecified atom stereocenters. The summed E-state index contributed by atoms with van der Waals surface area (Å²) in [5.41, 5.74) is 3.82. The van der Waals surface area contributed by atoms with Gasteiger partial charge in [-0.2, -0.15) is 0 Å². The number of rotatable bonds is 14. The summed E-state index contributed by atoms with van der Waals surface area (Å²) >= 11 is 0. The number of aromatic carboxylic acids is 1. The van der Waals surface area contributed by atoms with E-state index in [4.69, 9.17) is 4.74 Å². The van der Waals surface area contributed by atoms with E-state index >= 15 is 0 Å². The second-order valence-corrected chi connectivity index (χ2v) is 9.45. The molecule has 0 aliphatic rings. The van der Waals surface area contributed by atoms with Gasteiger partial charge in [-0.25, -0.2) is 4.79 Å². The lowest BCUT2D eigenvalue weighted by Crippen LogP contribution is -2.31. The molecule has 1 N–H and O–H groups in total. The summed E-state index contributed by atoms with van der Waals surface area (Å²) in [5, 5.41) is 9.40. The highest BCUT2D eigenvalue weighted by atomic mass is 16.5. The largest absolute Gasteiger partial charge is 0.494 e. The molecule has 6 heteroatoms. The number of benzene rings is 3. The van der Waals surface area contributed by atoms with E-state index in [0.29, 0.717) is 18.7 Å². The van der Waals surface area contributed by atoms with Crippen LogP contribution in [0.5, 0.6) is 5.75 Å². The number of pyridine rings is 1. The molecule has 0 aliphatic heterocycles. The molecule has 0 fully saturated rings. The van der Waals surface area contributed by atoms with Crippen LogP contribution in [0.4, 0.5) is 5.69 Å². The van der Waals surface area contributed by atoms with Crippen LogP contribution in [0.1, 0.15) is 52.9 Å². The van der Waals surface area contributed by atoms with Crippen LogP contribution in [-0.2, 0) is 24.2 Å². The Bertz CT molecular complexity index is 1320. The van der Waals surface area contributed by atoms with Crippen LogP contribution in [0, 0.1) is 0 Å². The van der Waals surface area contributed by atoms with Crippen molar-refractivity contribution >= 4 is 17.6 Å². The predicted molar refractivity (Wildman–Crippen MR) is 153 cm³/mol. The molecule has 0 bridgehead atoms. The fourth-order valence-corrected chi connectivity index (χ4v) is 4.37. The number of ether oxygens (including phenoxy) is 1. The van der Waals surface area contributed by atoms with Gasteiger partial charge in [0.2, 0.25) is 5.91 Å². The van der Waals surface area contributed by atoms with Crippen molar-refractivity contribution in [2.45, 2.75) is 45.1 Å². The molecule has 0 atom stereocenters. The van der Waals surface area contributed by atoms with Crippen molar-refractivity contribution in [1.29, 1.82) is 0 Å². The minimum Gasteiger partial charge on any atom is -0.494 e. The van der Waals surface area contributed by atoms with E-state index < -0.39 is 5.97 Å². The monoisotopic (exact) mass is 522 g/mol. The number of carbonyl (C=O) groups excluding carboxylic acids is 1. The zero-order chi connectivity index (χ0) is 27.3. The lowest BCUT2D eigenvalue weighted by molar-refractivity contribution is -0.118. The van der Waals surface area contributed by atoms with Crippen molar-refractivity contribution in [2.24, 2.45) is 0 Å². The quantitative estimate of drug-likeness (QED) is 0.186. The Labute approximate surface area is 229 Å². The number of anilines is 1. The Hall–Kier alpha value is -4.45. The van der Waals surface area contributed by atoms with E-state index in [9.17, 15) is 14.7 Å². The summed E-state index contributed by atoms with van der Waals surface area (Å²) in [6.07, 6.45) is 6.91. The highest BCUT2D eigenvalue weighted by Crippen LogP contribution is 2.21. The predicted octanol–water partition coefficient (Wildman–Crippen LogP) is 6.74. The maximum atomic E-state index is 13.3. The third kappa shape index (κ3) is 8.82. The van der Waals surface area contributed by atoms with E-state index in [2.05, 4.69) is 29.2 Å². The maximum absolute atomic E-state index is 13.3. The fourth-order valence-electron chi connectivity index (χ4n) is 4.37. The zero-order valence-corrected chi connectivity index (χ0v) is 22.0. The lowest BCUT2D eigenvalue weighted by atomic mass is 10.1. The van der Waals surface area contributed by atoms with E-state index in [1.807, 2.05) is 48.5 Å². The molecule has 3 aromatic carbocycles. The topological polar surface area (TPSA) is 79.7 Å². The number of hydrogen-bond donors (Lipinski definition) is 1. The molecule has 200 valence electrons. The molecule has 0 aliphatic carbocycles. The molecule has 0 saturated carbocycles. The number of carboxylic acids is 1. The van der Waals surface area contributed by atoms with Gasteiger partial charge in [0, 0.05) is 18.3 Å². The molecular weight excluding hydrogens is 488 g/mol. The molecular formula is C33H34N2O4. The summed E-state index contributed by atoms with van der Waals surface area (Å²) in [5.74, 6) is -0.300. The summed E-state index contributed by atoms with van der Waals surface area (Å²) in [4.78, 5) is 30.7. The first-order valence-corrected chi connectivity index (χ1v) is 13.4. The van der Waals surface area contributed by atoms with E-state index in [0.717, 1.165) is 42.7 Å². The second kappa shape index (κ2) is 14.5. The molecule has 0 spiro atoms. The van der Waals surface area contributed by atoms with Crippen LogP contribution in [0.15, 0.2) is 103 Å². The first-order valence-electron chi connectivity index (χ1n) is 13.4. The highest BCUT2D eigenvalue weighted by molar-refractivity contribution is 5.95. The van der Waals surface area contributed by atoms with Crippen LogP contribution in [0.2, 0.25) is 0 Å². The van der Waals surface area contributed by atoms with E-state index in [1.165, 1.54) is 17.7 Å². The first kappa shape index (κ1) is 27.6. The minimum absolute atomic E-state index is 0.0981. The molecule has 39 heavy (non-hydrogen) atoms. The van der Waals surface area contributed by atoms with Gasteiger partial charge in [-0.1, -0.05) is 54.6 Å². The Balaban J connectivity index is 1.27. The Morgan fingerprint density at radius 1 is 0.769 bits per heavy atom. The van der Waals surface area contributed by atoms with Crippen molar-refractivity contribution in [3.8, 4) is 5.75 Å². The fraction of sp³-hybridized carbons (Fsp3) is 0.242. The first-order chi connectivity index (χ1) is 19.1. The molecule has 4 aromatic rings. The average Bonchev–Trinajstić information content (AvgIpc) is 2.98. The summed E-state index contributed by atoms with van der Waals surface area (Å²) in [6, 6.07) is 30.4. The molecule has 0 saturated heterocycles. The SMILES string of the molecule is O=C(O)c1cccc(N(Cc2ccccn2)C(=O)CCc2ccc(OCCCCCc3ccccc3)cc2)c1. The van der Waals surface area contributed by atoms with Gasteiger partial charge in [-0.3, -0.25) is 9.78 Å². The number of hydrogen-bond acceptors (Lipinski definition) is 4. The summed E-state index contributed by atoms with van der Waals surface area (Å²) < 4.78 is 5.90. The van der Waals surface area contributed by atoms with Gasteiger partial charge in [-0.05, 0) is 85.7 Å². The number of amides is 1. The molecule has 1 aromatic heterocycles. The van der Waals surface area contributed by atoms with Crippen LogP contribution in [0.3, 0.4) is 0 Å². The van der Waals surface area contributed by atoms with Crippen molar-refractivity contribution in [1.82, 2.24) is 4.98 Å². The number of nitrogens with zero attached hydrogens (tertiary/aromatic N) is 2. The Morgan fingerprint density at radius 2 is 1.54 bits per heavy atom. The molecule has 1 amide bonds. The van der Waals surface area contributed by atoms with Crippen LogP contribution in [0.25, 0.3) is 0 Å². The van der Waals surface area contributed by atoms with Gasteiger partial charge < -0.3 is 14.7 Å². The van der Waals surface area contributed by atoms with Crippen molar-refractivity contribution < 1.29 is 19.4 Å². The van der Waals surface area contributed by atoms with E-state index in [1.54, 1.807) is 23.2 Å². The average molecular weight is 523 g/mol. The maximum Gasteiger partial charge on any atom is 0.335 e. The third-order valence-electron chi connectivity index (χ3n) is 6.52. The summed E-state index contributed by atoms with van der Waals surface area (Å²) in [6.45, 7) is 0.950. The molecule has 4 rings (SSSR count). The number of carbonyl (C=O) groups is 2. The van der Waals surface area contributed by atoms with Crippen molar-refractivity contribution in [3.05, 3.63) is 126 Å². The number of aromatic nitrogens is 1. The van der Waals surface area contributed by atoms with Crippen molar-refractivity contribution in [2.75, 3.05) is 11.5 Å². The summed E-state index contributed by atoms with van der Waals surface area (Å²) in [7, 11) is 0. The second-order valence-electron chi connectivity index (χ2n) is 9.45. The van der Waals surface area contributed by atoms with Gasteiger partial charge in [0.05, 0.1) is 24.4 Å². The number of carboxylic acid groups (broad SMARTS) is 1.